The van der Waals surface area contributed by atoms with Gasteiger partial charge in [-0.25, -0.2) is 0 Å². The van der Waals surface area contributed by atoms with E-state index in [1.807, 2.05) is 0 Å². The van der Waals surface area contributed by atoms with E-state index in [9.17, 15) is 9.90 Å². The minimum Gasteiger partial charge on any atom is -0.393 e. The second-order valence-electron chi connectivity index (χ2n) is 3.93. The van der Waals surface area contributed by atoms with E-state index in [4.69, 9.17) is 5.11 Å². The maximum absolute atomic E-state index is 11.5. The molecule has 3 N–H and O–H groups in total. The highest BCUT2D eigenvalue weighted by Crippen LogP contribution is 2.23. The largest absolute Gasteiger partial charge is 0.393 e. The quantitative estimate of drug-likeness (QED) is 0.602. The molecule has 2 unspecified atom stereocenters. The maximum Gasteiger partial charge on any atom is 0.224 e. The van der Waals surface area contributed by atoms with Crippen LogP contribution >= 0.6 is 11.8 Å². The van der Waals surface area contributed by atoms with Crippen LogP contribution in [-0.2, 0) is 4.79 Å². The summed E-state index contributed by atoms with van der Waals surface area (Å²) in [7, 11) is 0. The Kier molecular flexibility index (Phi) is 4.22. The third kappa shape index (κ3) is 3.48. The van der Waals surface area contributed by atoms with Gasteiger partial charge in [-0.3, -0.25) is 4.79 Å². The number of aliphatic hydroxyl groups excluding tert-OH is 1. The second-order valence-corrected chi connectivity index (χ2v) is 5.08. The molecule has 0 bridgehead atoms. The number of aliphatic hydroxyl groups is 2. The van der Waals surface area contributed by atoms with Crippen molar-refractivity contribution in [1.82, 2.24) is 5.32 Å². The maximum atomic E-state index is 11.5. The van der Waals surface area contributed by atoms with Crippen LogP contribution in [-0.4, -0.2) is 46.4 Å². The molecule has 82 valence electrons. The van der Waals surface area contributed by atoms with Crippen molar-refractivity contribution in [3.63, 3.8) is 0 Å². The molecule has 1 amide bonds. The molecule has 0 spiro atoms. The number of nitrogens with one attached hydrogen (secondary N) is 1. The van der Waals surface area contributed by atoms with E-state index < -0.39 is 5.60 Å². The summed E-state index contributed by atoms with van der Waals surface area (Å²) in [5, 5.41) is 20.9. The van der Waals surface area contributed by atoms with E-state index in [2.05, 4.69) is 5.32 Å². The van der Waals surface area contributed by atoms with Crippen LogP contribution < -0.4 is 5.32 Å². The van der Waals surface area contributed by atoms with Gasteiger partial charge in [-0.1, -0.05) is 0 Å². The molecule has 1 heterocycles. The molecule has 1 aliphatic heterocycles. The van der Waals surface area contributed by atoms with E-state index in [0.717, 1.165) is 17.9 Å². The molecule has 14 heavy (non-hydrogen) atoms. The minimum atomic E-state index is -1.21. The summed E-state index contributed by atoms with van der Waals surface area (Å²) in [5.41, 5.74) is -1.21. The Hall–Kier alpha value is -0.260. The highest BCUT2D eigenvalue weighted by molar-refractivity contribution is 7.99. The molecule has 0 saturated carbocycles. The normalized spacial score (nSPS) is 25.8. The second kappa shape index (κ2) is 5.00. The van der Waals surface area contributed by atoms with Crippen molar-refractivity contribution in [2.24, 2.45) is 5.92 Å². The van der Waals surface area contributed by atoms with Crippen molar-refractivity contribution in [2.75, 3.05) is 24.7 Å². The first-order valence-corrected chi connectivity index (χ1v) is 5.89. The number of thioether (sulfide) groups is 1. The number of hydrogen-bond acceptors (Lipinski definition) is 4. The topological polar surface area (TPSA) is 69.6 Å². The van der Waals surface area contributed by atoms with Crippen LogP contribution in [0, 0.1) is 5.92 Å². The van der Waals surface area contributed by atoms with Crippen LogP contribution in [0.3, 0.4) is 0 Å². The number of rotatable bonds is 4. The first kappa shape index (κ1) is 11.8. The first-order chi connectivity index (χ1) is 6.55. The predicted molar refractivity (Wildman–Crippen MR) is 56.2 cm³/mol. The van der Waals surface area contributed by atoms with Crippen molar-refractivity contribution in [3.8, 4) is 0 Å². The fourth-order valence-electron chi connectivity index (χ4n) is 1.22. The summed E-state index contributed by atoms with van der Waals surface area (Å²) in [6, 6.07) is 0. The highest BCUT2D eigenvalue weighted by Gasteiger charge is 2.25. The SMILES string of the molecule is CC(O)(CO)CNC(=O)C1CCSC1. The summed E-state index contributed by atoms with van der Waals surface area (Å²) in [5.74, 6) is 1.97. The van der Waals surface area contributed by atoms with E-state index in [-0.39, 0.29) is 25.0 Å². The van der Waals surface area contributed by atoms with Crippen LogP contribution in [0.4, 0.5) is 0 Å². The smallest absolute Gasteiger partial charge is 0.224 e. The van der Waals surface area contributed by atoms with Gasteiger partial charge in [0.1, 0.15) is 5.60 Å². The Balaban J connectivity index is 2.27. The Morgan fingerprint density at radius 2 is 2.43 bits per heavy atom. The number of carbonyl (C=O) groups excluding carboxylic acids is 1. The van der Waals surface area contributed by atoms with Crippen LogP contribution in [0.1, 0.15) is 13.3 Å². The zero-order valence-corrected chi connectivity index (χ0v) is 9.14. The average Bonchev–Trinajstić information content (AvgIpc) is 2.67. The lowest BCUT2D eigenvalue weighted by Gasteiger charge is -2.21. The van der Waals surface area contributed by atoms with Crippen molar-refractivity contribution < 1.29 is 15.0 Å². The molecule has 2 atom stereocenters. The monoisotopic (exact) mass is 219 g/mol. The summed E-state index contributed by atoms with van der Waals surface area (Å²) in [6.45, 7) is 1.27. The van der Waals surface area contributed by atoms with Crippen molar-refractivity contribution >= 4 is 17.7 Å². The van der Waals surface area contributed by atoms with Gasteiger partial charge in [0.2, 0.25) is 5.91 Å². The minimum absolute atomic E-state index is 0.0104. The Morgan fingerprint density at radius 3 is 2.93 bits per heavy atom. The lowest BCUT2D eigenvalue weighted by molar-refractivity contribution is -0.125. The summed E-state index contributed by atoms with van der Waals surface area (Å²) in [4.78, 5) is 11.5. The van der Waals surface area contributed by atoms with Crippen LogP contribution in [0.5, 0.6) is 0 Å². The van der Waals surface area contributed by atoms with Gasteiger partial charge >= 0.3 is 0 Å². The van der Waals surface area contributed by atoms with Gasteiger partial charge < -0.3 is 15.5 Å². The average molecular weight is 219 g/mol. The number of carbonyl (C=O) groups is 1. The summed E-state index contributed by atoms with van der Waals surface area (Å²) >= 11 is 1.78. The standard InChI is InChI=1S/C9H17NO3S/c1-9(13,6-11)5-10-8(12)7-2-3-14-4-7/h7,11,13H,2-6H2,1H3,(H,10,12). The molecule has 1 fully saturated rings. The molecular weight excluding hydrogens is 202 g/mol. The van der Waals surface area contributed by atoms with Gasteiger partial charge in [-0.15, -0.1) is 0 Å². The van der Waals surface area contributed by atoms with Crippen molar-refractivity contribution in [1.29, 1.82) is 0 Å². The number of amides is 1. The molecule has 5 heteroatoms. The lowest BCUT2D eigenvalue weighted by Crippen LogP contribution is -2.45. The van der Waals surface area contributed by atoms with Gasteiger partial charge in [0, 0.05) is 18.2 Å². The molecule has 1 rings (SSSR count). The highest BCUT2D eigenvalue weighted by atomic mass is 32.2. The molecular formula is C9H17NO3S. The fraction of sp³-hybridized carbons (Fsp3) is 0.889. The molecule has 0 aromatic carbocycles. The van der Waals surface area contributed by atoms with Gasteiger partial charge in [0.05, 0.1) is 6.61 Å². The third-order valence-corrected chi connectivity index (χ3v) is 3.45. The Morgan fingerprint density at radius 1 is 1.71 bits per heavy atom. The summed E-state index contributed by atoms with van der Waals surface area (Å²) in [6.07, 6.45) is 0.914. The molecule has 0 radical (unpaired) electrons. The zero-order chi connectivity index (χ0) is 10.6. The van der Waals surface area contributed by atoms with Gasteiger partial charge in [0.15, 0.2) is 0 Å². The van der Waals surface area contributed by atoms with Crippen molar-refractivity contribution in [2.45, 2.75) is 18.9 Å². The molecule has 1 saturated heterocycles. The molecule has 0 aromatic heterocycles. The summed E-state index contributed by atoms with van der Waals surface area (Å²) < 4.78 is 0. The fourth-order valence-corrected chi connectivity index (χ4v) is 2.44. The van der Waals surface area contributed by atoms with Crippen LogP contribution in [0.15, 0.2) is 0 Å². The van der Waals surface area contributed by atoms with E-state index >= 15 is 0 Å². The lowest BCUT2D eigenvalue weighted by atomic mass is 10.1. The first-order valence-electron chi connectivity index (χ1n) is 4.74. The Labute approximate surface area is 88.1 Å². The zero-order valence-electron chi connectivity index (χ0n) is 8.32. The molecule has 4 nitrogen and oxygen atoms in total. The Bertz CT molecular complexity index is 202. The predicted octanol–water partition coefficient (Wildman–Crippen LogP) is -0.401. The molecule has 0 aromatic rings. The molecule has 0 aliphatic carbocycles. The van der Waals surface area contributed by atoms with Crippen molar-refractivity contribution in [3.05, 3.63) is 0 Å². The number of hydrogen-bond donors (Lipinski definition) is 3. The third-order valence-electron chi connectivity index (χ3n) is 2.28. The van der Waals surface area contributed by atoms with Gasteiger partial charge in [0.25, 0.3) is 0 Å². The van der Waals surface area contributed by atoms with E-state index in [1.54, 1.807) is 11.8 Å². The molecule has 1 aliphatic rings. The van der Waals surface area contributed by atoms with Gasteiger partial charge in [-0.2, -0.15) is 11.8 Å². The van der Waals surface area contributed by atoms with Gasteiger partial charge in [-0.05, 0) is 19.1 Å². The van der Waals surface area contributed by atoms with E-state index in [0.29, 0.717) is 0 Å². The van der Waals surface area contributed by atoms with E-state index in [1.165, 1.54) is 6.92 Å². The van der Waals surface area contributed by atoms with Crippen LogP contribution in [0.2, 0.25) is 0 Å². The van der Waals surface area contributed by atoms with Crippen LogP contribution in [0.25, 0.3) is 0 Å².